The largest absolute Gasteiger partial charge is 0.355 e. The maximum Gasteiger partial charge on any atom is 0.225 e. The van der Waals surface area contributed by atoms with E-state index in [1.807, 2.05) is 39.2 Å². The molecule has 2 aromatic heterocycles. The second-order valence-corrected chi connectivity index (χ2v) is 6.78. The van der Waals surface area contributed by atoms with Gasteiger partial charge in [0.1, 0.15) is 11.9 Å². The van der Waals surface area contributed by atoms with Crippen molar-refractivity contribution in [1.82, 2.24) is 15.0 Å². The molecule has 0 unspecified atom stereocenters. The summed E-state index contributed by atoms with van der Waals surface area (Å²) in [4.78, 5) is 17.9. The van der Waals surface area contributed by atoms with Crippen LogP contribution in [0.1, 0.15) is 35.2 Å². The molecule has 0 saturated carbocycles. The number of aryl methyl sites for hydroxylation is 3. The molecule has 130 valence electrons. The molecule has 25 heavy (non-hydrogen) atoms. The van der Waals surface area contributed by atoms with Gasteiger partial charge in [0.05, 0.1) is 5.56 Å². The fourth-order valence-electron chi connectivity index (χ4n) is 3.38. The van der Waals surface area contributed by atoms with Crippen LogP contribution in [-0.2, 0) is 0 Å². The second kappa shape index (κ2) is 7.06. The Morgan fingerprint density at radius 3 is 2.40 bits per heavy atom. The molecular formula is C19H24N6. The van der Waals surface area contributed by atoms with Gasteiger partial charge >= 0.3 is 0 Å². The molecule has 0 aromatic carbocycles. The monoisotopic (exact) mass is 336 g/mol. The average Bonchev–Trinajstić information content (AvgIpc) is 2.61. The van der Waals surface area contributed by atoms with E-state index in [1.54, 1.807) is 0 Å². The van der Waals surface area contributed by atoms with Gasteiger partial charge in [0.25, 0.3) is 0 Å². The molecule has 6 heteroatoms. The summed E-state index contributed by atoms with van der Waals surface area (Å²) in [5, 5.41) is 9.49. The van der Waals surface area contributed by atoms with E-state index in [0.717, 1.165) is 54.5 Å². The van der Waals surface area contributed by atoms with Crippen LogP contribution in [0.5, 0.6) is 0 Å². The standard InChI is InChI=1S/C19H24N6/c1-13-11-21-19(22-12-13)24(4)16-5-7-25(8-6-16)18-17(10-20)14(2)9-15(3)23-18/h9,11-12,16H,5-8H2,1-4H3. The maximum absolute atomic E-state index is 9.49. The highest BCUT2D eigenvalue weighted by Gasteiger charge is 2.26. The minimum atomic E-state index is 0.399. The lowest BCUT2D eigenvalue weighted by atomic mass is 10.0. The molecule has 1 aliphatic heterocycles. The van der Waals surface area contributed by atoms with Gasteiger partial charge in [-0.3, -0.25) is 0 Å². The predicted molar refractivity (Wildman–Crippen MR) is 98.8 cm³/mol. The first-order valence-electron chi connectivity index (χ1n) is 8.64. The van der Waals surface area contributed by atoms with Gasteiger partial charge < -0.3 is 9.80 Å². The van der Waals surface area contributed by atoms with Gasteiger partial charge in [-0.25, -0.2) is 15.0 Å². The van der Waals surface area contributed by atoms with Crippen LogP contribution >= 0.6 is 0 Å². The van der Waals surface area contributed by atoms with Gasteiger partial charge in [-0.05, 0) is 50.8 Å². The van der Waals surface area contributed by atoms with Gasteiger partial charge in [0.15, 0.2) is 0 Å². The zero-order valence-corrected chi connectivity index (χ0v) is 15.3. The van der Waals surface area contributed by atoms with Crippen LogP contribution in [0.3, 0.4) is 0 Å². The lowest BCUT2D eigenvalue weighted by molar-refractivity contribution is 0.475. The summed E-state index contributed by atoms with van der Waals surface area (Å²) in [5.41, 5.74) is 3.72. The lowest BCUT2D eigenvalue weighted by Gasteiger charge is -2.37. The number of piperidine rings is 1. The maximum atomic E-state index is 9.49. The van der Waals surface area contributed by atoms with Crippen molar-refractivity contribution in [3.8, 4) is 6.07 Å². The molecule has 1 aliphatic rings. The zero-order chi connectivity index (χ0) is 18.0. The highest BCUT2D eigenvalue weighted by atomic mass is 15.3. The topological polar surface area (TPSA) is 68.9 Å². The smallest absolute Gasteiger partial charge is 0.225 e. The minimum Gasteiger partial charge on any atom is -0.355 e. The van der Waals surface area contributed by atoms with Crippen LogP contribution in [0.25, 0.3) is 0 Å². The van der Waals surface area contributed by atoms with Gasteiger partial charge in [-0.1, -0.05) is 0 Å². The van der Waals surface area contributed by atoms with Crippen LogP contribution in [0.4, 0.5) is 11.8 Å². The Morgan fingerprint density at radius 2 is 1.80 bits per heavy atom. The molecule has 0 amide bonds. The molecule has 2 aromatic rings. The quantitative estimate of drug-likeness (QED) is 0.858. The number of pyridine rings is 1. The van der Waals surface area contributed by atoms with E-state index < -0.39 is 0 Å². The fourth-order valence-corrected chi connectivity index (χ4v) is 3.38. The first-order chi connectivity index (χ1) is 12.0. The normalized spacial score (nSPS) is 15.1. The molecule has 3 rings (SSSR count). The van der Waals surface area contributed by atoms with Crippen LogP contribution in [0.2, 0.25) is 0 Å². The SMILES string of the molecule is Cc1cnc(N(C)C2CCN(c3nc(C)cc(C)c3C#N)CC2)nc1. The summed E-state index contributed by atoms with van der Waals surface area (Å²) in [7, 11) is 2.06. The van der Waals surface area contributed by atoms with Crippen LogP contribution < -0.4 is 9.80 Å². The number of rotatable bonds is 3. The summed E-state index contributed by atoms with van der Waals surface area (Å²) in [6, 6.07) is 4.69. The Hall–Kier alpha value is -2.68. The number of nitriles is 1. The van der Waals surface area contributed by atoms with Gasteiger partial charge in [-0.15, -0.1) is 0 Å². The first kappa shape index (κ1) is 17.2. The van der Waals surface area contributed by atoms with Gasteiger partial charge in [-0.2, -0.15) is 5.26 Å². The molecule has 0 spiro atoms. The van der Waals surface area contributed by atoms with Gasteiger partial charge in [0, 0.05) is 44.3 Å². The third-order valence-electron chi connectivity index (χ3n) is 4.83. The predicted octanol–water partition coefficient (Wildman–Crippen LogP) is 2.77. The number of anilines is 2. The summed E-state index contributed by atoms with van der Waals surface area (Å²) in [5.74, 6) is 1.60. The third-order valence-corrected chi connectivity index (χ3v) is 4.83. The van der Waals surface area contributed by atoms with Crippen molar-refractivity contribution in [2.24, 2.45) is 0 Å². The number of hydrogen-bond acceptors (Lipinski definition) is 6. The molecule has 1 fully saturated rings. The van der Waals surface area contributed by atoms with E-state index in [9.17, 15) is 5.26 Å². The Labute approximate surface area is 149 Å². The van der Waals surface area contributed by atoms with E-state index in [4.69, 9.17) is 0 Å². The fraction of sp³-hybridized carbons (Fsp3) is 0.474. The molecule has 0 atom stereocenters. The molecule has 0 bridgehead atoms. The van der Waals surface area contributed by atoms with Crippen molar-refractivity contribution >= 4 is 11.8 Å². The van der Waals surface area contributed by atoms with E-state index >= 15 is 0 Å². The molecule has 3 heterocycles. The zero-order valence-electron chi connectivity index (χ0n) is 15.3. The molecule has 0 radical (unpaired) electrons. The van der Waals surface area contributed by atoms with Crippen LogP contribution in [-0.4, -0.2) is 41.1 Å². The number of aromatic nitrogens is 3. The lowest BCUT2D eigenvalue weighted by Crippen LogP contribution is -2.44. The number of hydrogen-bond donors (Lipinski definition) is 0. The van der Waals surface area contributed by atoms with Crippen molar-refractivity contribution in [2.75, 3.05) is 29.9 Å². The molecular weight excluding hydrogens is 312 g/mol. The third kappa shape index (κ3) is 3.55. The summed E-state index contributed by atoms with van der Waals surface area (Å²) >= 11 is 0. The van der Waals surface area contributed by atoms with E-state index in [1.165, 1.54) is 0 Å². The second-order valence-electron chi connectivity index (χ2n) is 6.78. The number of nitrogens with zero attached hydrogens (tertiary/aromatic N) is 6. The average molecular weight is 336 g/mol. The summed E-state index contributed by atoms with van der Waals surface area (Å²) in [6.45, 7) is 7.71. The summed E-state index contributed by atoms with van der Waals surface area (Å²) < 4.78 is 0. The Bertz CT molecular complexity index is 785. The molecule has 0 N–H and O–H groups in total. The Morgan fingerprint density at radius 1 is 1.16 bits per heavy atom. The highest BCUT2D eigenvalue weighted by Crippen LogP contribution is 2.27. The highest BCUT2D eigenvalue weighted by molar-refractivity contribution is 5.58. The molecule has 6 nitrogen and oxygen atoms in total. The molecule has 1 saturated heterocycles. The van der Waals surface area contributed by atoms with Gasteiger partial charge in [0.2, 0.25) is 5.95 Å². The van der Waals surface area contributed by atoms with Crippen LogP contribution in [0, 0.1) is 32.1 Å². The van der Waals surface area contributed by atoms with Crippen molar-refractivity contribution in [2.45, 2.75) is 39.7 Å². The van der Waals surface area contributed by atoms with Crippen molar-refractivity contribution in [3.63, 3.8) is 0 Å². The summed E-state index contributed by atoms with van der Waals surface area (Å²) in [6.07, 6.45) is 5.69. The van der Waals surface area contributed by atoms with Crippen molar-refractivity contribution in [1.29, 1.82) is 5.26 Å². The van der Waals surface area contributed by atoms with E-state index in [0.29, 0.717) is 11.6 Å². The minimum absolute atomic E-state index is 0.399. The van der Waals surface area contributed by atoms with Crippen LogP contribution in [0.15, 0.2) is 18.5 Å². The van der Waals surface area contributed by atoms with Crippen molar-refractivity contribution in [3.05, 3.63) is 40.8 Å². The van der Waals surface area contributed by atoms with E-state index in [-0.39, 0.29) is 0 Å². The van der Waals surface area contributed by atoms with E-state index in [2.05, 4.69) is 37.9 Å². The molecule has 0 aliphatic carbocycles. The Balaban J connectivity index is 1.72. The Kier molecular flexibility index (Phi) is 4.84. The van der Waals surface area contributed by atoms with Crippen molar-refractivity contribution < 1.29 is 0 Å². The first-order valence-corrected chi connectivity index (χ1v) is 8.64.